The van der Waals surface area contributed by atoms with Crippen LogP contribution in [-0.2, 0) is 6.42 Å². The second-order valence-electron chi connectivity index (χ2n) is 14.7. The summed E-state index contributed by atoms with van der Waals surface area (Å²) < 4.78 is 0. The van der Waals surface area contributed by atoms with Crippen molar-refractivity contribution in [3.63, 3.8) is 0 Å². The van der Waals surface area contributed by atoms with Crippen molar-refractivity contribution in [2.24, 2.45) is 0 Å². The number of fused-ring (bicyclic) bond motifs is 2. The number of pyridine rings is 1. The number of rotatable bonds is 8. The molecule has 0 radical (unpaired) electrons. The predicted molar refractivity (Wildman–Crippen MR) is 240 cm³/mol. The minimum Gasteiger partial charge on any atom is -0.310 e. The van der Waals surface area contributed by atoms with E-state index in [1.54, 1.807) is 0 Å². The Morgan fingerprint density at radius 3 is 1.75 bits per heavy atom. The lowest BCUT2D eigenvalue weighted by molar-refractivity contribution is 0.827. The van der Waals surface area contributed by atoms with E-state index in [1.165, 1.54) is 44.5 Å². The Bertz CT molecular complexity index is 2840. The standard InChI is InChI=1S/C55H40N2/c1-4-14-39(15-5-1)41-28-32-49(33-29-41)57(54-23-13-11-21-51(54)42-18-8-3-9-19-42)50-34-30-43(31-35-50)55-52(38-48-20-10-12-22-53(48)56-55)47-27-26-45-36-44(24-25-46(45)37-47)40-16-6-2-7-17-40/h1-35,37-38,44H,36H2. The molecule has 270 valence electrons. The molecule has 0 bridgehead atoms. The summed E-state index contributed by atoms with van der Waals surface area (Å²) in [5, 5.41) is 1.13. The van der Waals surface area contributed by atoms with Crippen molar-refractivity contribution in [1.29, 1.82) is 0 Å². The van der Waals surface area contributed by atoms with Crippen molar-refractivity contribution in [2.45, 2.75) is 12.3 Å². The summed E-state index contributed by atoms with van der Waals surface area (Å²) in [7, 11) is 0. The van der Waals surface area contributed by atoms with Gasteiger partial charge >= 0.3 is 0 Å². The molecule has 8 aromatic carbocycles. The molecule has 1 unspecified atom stereocenters. The number of para-hydroxylation sites is 2. The molecule has 0 saturated carbocycles. The third-order valence-electron chi connectivity index (χ3n) is 11.2. The lowest BCUT2D eigenvalue weighted by atomic mass is 9.84. The van der Waals surface area contributed by atoms with Crippen LogP contribution >= 0.6 is 0 Å². The van der Waals surface area contributed by atoms with Gasteiger partial charge in [-0.05, 0) is 93.9 Å². The van der Waals surface area contributed by atoms with Gasteiger partial charge in [-0.3, -0.25) is 0 Å². The molecule has 0 fully saturated rings. The summed E-state index contributed by atoms with van der Waals surface area (Å²) in [5.74, 6) is 0.391. The molecule has 1 aromatic heterocycles. The molecule has 0 amide bonds. The summed E-state index contributed by atoms with van der Waals surface area (Å²) >= 11 is 0. The average Bonchev–Trinajstić information content (AvgIpc) is 3.30. The van der Waals surface area contributed by atoms with Crippen LogP contribution in [0, 0.1) is 0 Å². The summed E-state index contributed by atoms with van der Waals surface area (Å²) in [6, 6.07) is 76.2. The number of aromatic nitrogens is 1. The summed E-state index contributed by atoms with van der Waals surface area (Å²) in [5.41, 5.74) is 17.4. The van der Waals surface area contributed by atoms with E-state index >= 15 is 0 Å². The van der Waals surface area contributed by atoms with Crippen LogP contribution in [0.15, 0.2) is 218 Å². The van der Waals surface area contributed by atoms with Crippen molar-refractivity contribution in [1.82, 2.24) is 4.98 Å². The fourth-order valence-corrected chi connectivity index (χ4v) is 8.27. The fraction of sp³-hybridized carbons (Fsp3) is 0.0364. The van der Waals surface area contributed by atoms with Gasteiger partial charge in [0.1, 0.15) is 0 Å². The van der Waals surface area contributed by atoms with E-state index in [0.29, 0.717) is 5.92 Å². The maximum Gasteiger partial charge on any atom is 0.0788 e. The number of nitrogens with zero attached hydrogens (tertiary/aromatic N) is 2. The first kappa shape index (κ1) is 34.2. The molecule has 9 aromatic rings. The number of hydrogen-bond donors (Lipinski definition) is 0. The van der Waals surface area contributed by atoms with Gasteiger partial charge in [0.2, 0.25) is 0 Å². The quantitative estimate of drug-likeness (QED) is 0.155. The van der Waals surface area contributed by atoms with Gasteiger partial charge in [-0.2, -0.15) is 0 Å². The van der Waals surface area contributed by atoms with Crippen molar-refractivity contribution in [3.05, 3.63) is 235 Å². The minimum atomic E-state index is 0.391. The van der Waals surface area contributed by atoms with Crippen LogP contribution in [0.3, 0.4) is 0 Å². The lowest BCUT2D eigenvalue weighted by Crippen LogP contribution is -2.11. The summed E-state index contributed by atoms with van der Waals surface area (Å²) in [4.78, 5) is 7.71. The maximum absolute atomic E-state index is 5.34. The minimum absolute atomic E-state index is 0.391. The average molecular weight is 729 g/mol. The molecule has 2 nitrogen and oxygen atoms in total. The number of anilines is 3. The molecule has 0 aliphatic heterocycles. The molecule has 1 atom stereocenters. The van der Waals surface area contributed by atoms with Gasteiger partial charge in [-0.15, -0.1) is 0 Å². The summed E-state index contributed by atoms with van der Waals surface area (Å²) in [6.07, 6.45) is 5.66. The Morgan fingerprint density at radius 2 is 1.02 bits per heavy atom. The molecule has 0 N–H and O–H groups in total. The zero-order chi connectivity index (χ0) is 38.0. The van der Waals surface area contributed by atoms with Crippen LogP contribution < -0.4 is 4.90 Å². The zero-order valence-electron chi connectivity index (χ0n) is 31.5. The van der Waals surface area contributed by atoms with E-state index in [-0.39, 0.29) is 0 Å². The van der Waals surface area contributed by atoms with E-state index in [4.69, 9.17) is 4.98 Å². The van der Waals surface area contributed by atoms with E-state index in [9.17, 15) is 0 Å². The first-order chi connectivity index (χ1) is 28.2. The largest absolute Gasteiger partial charge is 0.310 e. The Labute approximate surface area is 334 Å². The molecule has 57 heavy (non-hydrogen) atoms. The monoisotopic (exact) mass is 728 g/mol. The SMILES string of the molecule is C1=CC(c2ccccc2)Cc2ccc(-c3cc4ccccc4nc3-c3ccc(N(c4ccc(-c5ccccc5)cc4)c4ccccc4-c4ccccc4)cc3)cc21. The number of hydrogen-bond acceptors (Lipinski definition) is 2. The van der Waals surface area contributed by atoms with Crippen LogP contribution in [0.2, 0.25) is 0 Å². The molecule has 10 rings (SSSR count). The highest BCUT2D eigenvalue weighted by atomic mass is 15.1. The van der Waals surface area contributed by atoms with Gasteiger partial charge in [0.25, 0.3) is 0 Å². The van der Waals surface area contributed by atoms with E-state index < -0.39 is 0 Å². The van der Waals surface area contributed by atoms with Crippen molar-refractivity contribution in [3.8, 4) is 44.6 Å². The number of benzene rings is 8. The maximum atomic E-state index is 5.34. The van der Waals surface area contributed by atoms with Gasteiger partial charge in [-0.1, -0.05) is 176 Å². The van der Waals surface area contributed by atoms with E-state index in [2.05, 4.69) is 229 Å². The normalized spacial score (nSPS) is 13.3. The molecule has 2 heteroatoms. The van der Waals surface area contributed by atoms with Crippen LogP contribution in [0.25, 0.3) is 61.6 Å². The van der Waals surface area contributed by atoms with Crippen molar-refractivity contribution in [2.75, 3.05) is 4.90 Å². The van der Waals surface area contributed by atoms with Gasteiger partial charge < -0.3 is 4.90 Å². The Morgan fingerprint density at radius 1 is 0.439 bits per heavy atom. The molecular formula is C55H40N2. The van der Waals surface area contributed by atoms with Crippen molar-refractivity contribution < 1.29 is 0 Å². The van der Waals surface area contributed by atoms with Crippen LogP contribution in [-0.4, -0.2) is 4.98 Å². The Hall–Kier alpha value is -7.29. The van der Waals surface area contributed by atoms with E-state index in [1.807, 2.05) is 0 Å². The van der Waals surface area contributed by atoms with Crippen LogP contribution in [0.5, 0.6) is 0 Å². The number of allylic oxidation sites excluding steroid dienone is 1. The van der Waals surface area contributed by atoms with Crippen molar-refractivity contribution >= 4 is 34.0 Å². The summed E-state index contributed by atoms with van der Waals surface area (Å²) in [6.45, 7) is 0. The topological polar surface area (TPSA) is 16.1 Å². The Kier molecular flexibility index (Phi) is 9.06. The first-order valence-corrected chi connectivity index (χ1v) is 19.7. The fourth-order valence-electron chi connectivity index (χ4n) is 8.27. The second kappa shape index (κ2) is 15.1. The molecule has 1 heterocycles. The smallest absolute Gasteiger partial charge is 0.0788 e. The molecule has 0 spiro atoms. The molecule has 0 saturated heterocycles. The third kappa shape index (κ3) is 6.83. The predicted octanol–water partition coefficient (Wildman–Crippen LogP) is 14.7. The van der Waals surface area contributed by atoms with Gasteiger partial charge in [0.05, 0.1) is 16.9 Å². The highest BCUT2D eigenvalue weighted by Gasteiger charge is 2.20. The molecular weight excluding hydrogens is 689 g/mol. The molecule has 1 aliphatic rings. The van der Waals surface area contributed by atoms with Gasteiger partial charge in [0.15, 0.2) is 0 Å². The van der Waals surface area contributed by atoms with Crippen LogP contribution in [0.1, 0.15) is 22.6 Å². The molecule has 1 aliphatic carbocycles. The first-order valence-electron chi connectivity index (χ1n) is 19.7. The van der Waals surface area contributed by atoms with Crippen LogP contribution in [0.4, 0.5) is 17.1 Å². The van der Waals surface area contributed by atoms with Gasteiger partial charge in [0, 0.05) is 39.4 Å². The van der Waals surface area contributed by atoms with Gasteiger partial charge in [-0.25, -0.2) is 4.98 Å². The highest BCUT2D eigenvalue weighted by molar-refractivity contribution is 5.93. The van der Waals surface area contributed by atoms with E-state index in [0.717, 1.165) is 51.2 Å². The zero-order valence-corrected chi connectivity index (χ0v) is 31.5. The third-order valence-corrected chi connectivity index (χ3v) is 11.2. The lowest BCUT2D eigenvalue weighted by Gasteiger charge is -2.28. The Balaban J connectivity index is 1.06. The second-order valence-corrected chi connectivity index (χ2v) is 14.7. The highest BCUT2D eigenvalue weighted by Crippen LogP contribution is 2.43.